The first-order valence-electron chi connectivity index (χ1n) is 7.26. The lowest BCUT2D eigenvalue weighted by atomic mass is 10.2. The SMILES string of the molecule is CCOc1ccc(NC=O)c(Sc2ccc(C(F)(F)F)cc2[N+](=O)[O-])c1. The van der Waals surface area contributed by atoms with Crippen molar-refractivity contribution in [3.05, 3.63) is 52.1 Å². The highest BCUT2D eigenvalue weighted by molar-refractivity contribution is 7.99. The van der Waals surface area contributed by atoms with Gasteiger partial charge in [-0.3, -0.25) is 14.9 Å². The van der Waals surface area contributed by atoms with Crippen molar-refractivity contribution in [3.63, 3.8) is 0 Å². The summed E-state index contributed by atoms with van der Waals surface area (Å²) in [6.07, 6.45) is -4.26. The first-order valence-corrected chi connectivity index (χ1v) is 8.08. The first-order chi connectivity index (χ1) is 12.3. The molecule has 0 aliphatic rings. The number of hydrogen-bond donors (Lipinski definition) is 1. The number of hydrogen-bond acceptors (Lipinski definition) is 5. The summed E-state index contributed by atoms with van der Waals surface area (Å²) in [6.45, 7) is 2.15. The average molecular weight is 386 g/mol. The quantitative estimate of drug-likeness (QED) is 0.423. The normalized spacial score (nSPS) is 11.1. The number of halogens is 3. The number of alkyl halides is 3. The number of rotatable bonds is 7. The Kier molecular flexibility index (Phi) is 6.09. The maximum atomic E-state index is 12.8. The Bertz CT molecular complexity index is 828. The molecular formula is C16H13F3N2O4S. The highest BCUT2D eigenvalue weighted by Gasteiger charge is 2.33. The molecular weight excluding hydrogens is 373 g/mol. The third kappa shape index (κ3) is 4.66. The molecule has 0 saturated carbocycles. The van der Waals surface area contributed by atoms with E-state index in [2.05, 4.69) is 5.32 Å². The van der Waals surface area contributed by atoms with Gasteiger partial charge in [-0.1, -0.05) is 11.8 Å². The van der Waals surface area contributed by atoms with Crippen LogP contribution in [0, 0.1) is 10.1 Å². The Morgan fingerprint density at radius 2 is 1.96 bits per heavy atom. The third-order valence-electron chi connectivity index (χ3n) is 3.18. The van der Waals surface area contributed by atoms with Crippen LogP contribution in [0.1, 0.15) is 12.5 Å². The van der Waals surface area contributed by atoms with E-state index in [4.69, 9.17) is 4.74 Å². The van der Waals surface area contributed by atoms with E-state index in [-0.39, 0.29) is 4.90 Å². The highest BCUT2D eigenvalue weighted by Crippen LogP contribution is 2.42. The maximum Gasteiger partial charge on any atom is 0.416 e. The summed E-state index contributed by atoms with van der Waals surface area (Å²) in [6, 6.07) is 6.97. The molecule has 0 aliphatic carbocycles. The van der Waals surface area contributed by atoms with Gasteiger partial charge in [-0.2, -0.15) is 13.2 Å². The monoisotopic (exact) mass is 386 g/mol. The smallest absolute Gasteiger partial charge is 0.416 e. The lowest BCUT2D eigenvalue weighted by Crippen LogP contribution is -2.06. The Morgan fingerprint density at radius 3 is 2.54 bits per heavy atom. The van der Waals surface area contributed by atoms with Crippen LogP contribution in [0.15, 0.2) is 46.2 Å². The minimum Gasteiger partial charge on any atom is -0.494 e. The Labute approximate surface area is 150 Å². The molecule has 0 heterocycles. The van der Waals surface area contributed by atoms with Crippen LogP contribution in [-0.4, -0.2) is 17.9 Å². The number of nitrogens with one attached hydrogen (secondary N) is 1. The second-order valence-corrected chi connectivity index (χ2v) is 5.98. The fourth-order valence-corrected chi connectivity index (χ4v) is 3.09. The average Bonchev–Trinajstić information content (AvgIpc) is 2.56. The van der Waals surface area contributed by atoms with E-state index in [0.29, 0.717) is 35.4 Å². The molecule has 138 valence electrons. The second-order valence-electron chi connectivity index (χ2n) is 4.89. The van der Waals surface area contributed by atoms with E-state index in [9.17, 15) is 28.1 Å². The number of carbonyl (C=O) groups excluding carboxylic acids is 1. The number of amides is 1. The van der Waals surface area contributed by atoms with E-state index in [1.807, 2.05) is 0 Å². The molecule has 1 amide bonds. The molecule has 0 aliphatic heterocycles. The summed E-state index contributed by atoms with van der Waals surface area (Å²) in [5.74, 6) is 0.459. The fourth-order valence-electron chi connectivity index (χ4n) is 2.07. The standard InChI is InChI=1S/C16H13F3N2O4S/c1-2-25-11-4-5-12(20-9-22)15(8-11)26-14-6-3-10(16(17,18)19)7-13(14)21(23)24/h3-9H,2H2,1H3,(H,20,22). The van der Waals surface area contributed by atoms with E-state index >= 15 is 0 Å². The van der Waals surface area contributed by atoms with Crippen molar-refractivity contribution in [1.29, 1.82) is 0 Å². The molecule has 2 rings (SSSR count). The van der Waals surface area contributed by atoms with Gasteiger partial charge in [0.1, 0.15) is 5.75 Å². The zero-order valence-corrected chi connectivity index (χ0v) is 14.2. The molecule has 0 fully saturated rings. The Morgan fingerprint density at radius 1 is 1.23 bits per heavy atom. The number of carbonyl (C=O) groups is 1. The van der Waals surface area contributed by atoms with Gasteiger partial charge in [0.15, 0.2) is 0 Å². The van der Waals surface area contributed by atoms with Gasteiger partial charge in [0.2, 0.25) is 6.41 Å². The Hall–Kier alpha value is -2.75. The van der Waals surface area contributed by atoms with E-state index in [1.54, 1.807) is 19.1 Å². The number of nitro benzene ring substituents is 1. The maximum absolute atomic E-state index is 12.8. The van der Waals surface area contributed by atoms with Crippen LogP contribution in [0.5, 0.6) is 5.75 Å². The topological polar surface area (TPSA) is 81.5 Å². The van der Waals surface area contributed by atoms with Crippen LogP contribution >= 0.6 is 11.8 Å². The minimum absolute atomic E-state index is 0.00518. The zero-order valence-electron chi connectivity index (χ0n) is 13.4. The van der Waals surface area contributed by atoms with Gasteiger partial charge in [0.05, 0.1) is 27.7 Å². The highest BCUT2D eigenvalue weighted by atomic mass is 32.2. The van der Waals surface area contributed by atoms with Crippen LogP contribution < -0.4 is 10.1 Å². The molecule has 0 unspecified atom stereocenters. The fraction of sp³-hybridized carbons (Fsp3) is 0.188. The number of anilines is 1. The van der Waals surface area contributed by atoms with Crippen LogP contribution in [0.3, 0.4) is 0 Å². The summed E-state index contributed by atoms with van der Waals surface area (Å²) >= 11 is 0.858. The molecule has 0 radical (unpaired) electrons. The molecule has 1 N–H and O–H groups in total. The number of nitro groups is 1. The summed E-state index contributed by atoms with van der Waals surface area (Å²) in [4.78, 5) is 21.5. The third-order valence-corrected chi connectivity index (χ3v) is 4.30. The second kappa shape index (κ2) is 8.09. The lowest BCUT2D eigenvalue weighted by Gasteiger charge is -2.12. The molecule has 2 aromatic rings. The number of nitrogens with zero attached hydrogens (tertiary/aromatic N) is 1. The van der Waals surface area contributed by atoms with Crippen LogP contribution in [0.25, 0.3) is 0 Å². The van der Waals surface area contributed by atoms with Crippen molar-refractivity contribution in [2.75, 3.05) is 11.9 Å². The molecule has 6 nitrogen and oxygen atoms in total. The molecule has 0 saturated heterocycles. The van der Waals surface area contributed by atoms with Crippen molar-refractivity contribution in [3.8, 4) is 5.75 Å². The van der Waals surface area contributed by atoms with Crippen molar-refractivity contribution in [1.82, 2.24) is 0 Å². The van der Waals surface area contributed by atoms with Crippen molar-refractivity contribution in [2.24, 2.45) is 0 Å². The summed E-state index contributed by atoms with van der Waals surface area (Å²) < 4.78 is 43.7. The van der Waals surface area contributed by atoms with Crippen LogP contribution in [0.2, 0.25) is 0 Å². The van der Waals surface area contributed by atoms with E-state index in [0.717, 1.165) is 23.9 Å². The molecule has 0 spiro atoms. The van der Waals surface area contributed by atoms with Gasteiger partial charge in [0, 0.05) is 11.0 Å². The molecule has 0 aromatic heterocycles. The first kappa shape index (κ1) is 19.6. The van der Waals surface area contributed by atoms with Gasteiger partial charge in [-0.15, -0.1) is 0 Å². The molecule has 10 heteroatoms. The van der Waals surface area contributed by atoms with Crippen molar-refractivity contribution < 1.29 is 27.6 Å². The molecule has 0 atom stereocenters. The largest absolute Gasteiger partial charge is 0.494 e. The molecule has 2 aromatic carbocycles. The van der Waals surface area contributed by atoms with E-state index in [1.165, 1.54) is 6.07 Å². The van der Waals surface area contributed by atoms with Crippen molar-refractivity contribution >= 4 is 29.5 Å². The summed E-state index contributed by atoms with van der Waals surface area (Å²) in [5, 5.41) is 13.6. The Balaban J connectivity index is 2.48. The lowest BCUT2D eigenvalue weighted by molar-refractivity contribution is -0.388. The van der Waals surface area contributed by atoms with Gasteiger partial charge < -0.3 is 10.1 Å². The summed E-state index contributed by atoms with van der Waals surface area (Å²) in [5.41, 5.74) is -1.44. The van der Waals surface area contributed by atoms with Gasteiger partial charge >= 0.3 is 6.18 Å². The van der Waals surface area contributed by atoms with Gasteiger partial charge in [-0.25, -0.2) is 0 Å². The number of ether oxygens (including phenoxy) is 1. The predicted octanol–water partition coefficient (Wildman–Crippen LogP) is 4.73. The minimum atomic E-state index is -4.69. The van der Waals surface area contributed by atoms with Crippen LogP contribution in [0.4, 0.5) is 24.5 Å². The van der Waals surface area contributed by atoms with Gasteiger partial charge in [0.25, 0.3) is 5.69 Å². The number of benzene rings is 2. The van der Waals surface area contributed by atoms with Crippen molar-refractivity contribution in [2.45, 2.75) is 22.9 Å². The zero-order chi connectivity index (χ0) is 19.3. The summed E-state index contributed by atoms with van der Waals surface area (Å²) in [7, 11) is 0. The van der Waals surface area contributed by atoms with Crippen LogP contribution in [-0.2, 0) is 11.0 Å². The van der Waals surface area contributed by atoms with E-state index < -0.39 is 22.4 Å². The van der Waals surface area contributed by atoms with Gasteiger partial charge in [-0.05, 0) is 37.3 Å². The predicted molar refractivity (Wildman–Crippen MR) is 89.5 cm³/mol. The molecule has 0 bridgehead atoms. The molecule has 26 heavy (non-hydrogen) atoms.